The summed E-state index contributed by atoms with van der Waals surface area (Å²) in [5, 5.41) is 12.0. The second-order valence-corrected chi connectivity index (χ2v) is 7.93. The van der Waals surface area contributed by atoms with Gasteiger partial charge < -0.3 is 10.4 Å². The number of hydrogen-bond donors (Lipinski definition) is 2. The number of rotatable bonds is 6. The molecule has 0 spiro atoms. The van der Waals surface area contributed by atoms with Crippen molar-refractivity contribution in [1.82, 2.24) is 10.2 Å². The van der Waals surface area contributed by atoms with Crippen LogP contribution in [0.25, 0.3) is 0 Å². The molecule has 0 radical (unpaired) electrons. The van der Waals surface area contributed by atoms with Gasteiger partial charge in [0.1, 0.15) is 12.4 Å². The maximum absolute atomic E-state index is 13.4. The molecule has 7 nitrogen and oxygen atoms in total. The highest BCUT2D eigenvalue weighted by Gasteiger charge is 2.30. The molecule has 2 atom stereocenters. The average Bonchev–Trinajstić information content (AvgIpc) is 2.83. The molecule has 0 aromatic heterocycles. The van der Waals surface area contributed by atoms with E-state index in [9.17, 15) is 22.7 Å². The molecule has 1 amide bonds. The van der Waals surface area contributed by atoms with Crippen molar-refractivity contribution in [1.29, 1.82) is 0 Å². The van der Waals surface area contributed by atoms with Gasteiger partial charge in [-0.05, 0) is 31.7 Å². The summed E-state index contributed by atoms with van der Waals surface area (Å²) in [6, 6.07) is 4.91. The second kappa shape index (κ2) is 7.45. The molecule has 1 aliphatic heterocycles. The van der Waals surface area contributed by atoms with Gasteiger partial charge in [-0.3, -0.25) is 14.0 Å². The molecule has 2 rings (SSSR count). The fraction of sp³-hybridized carbons (Fsp3) is 0.533. The Kier molecular flexibility index (Phi) is 5.79. The summed E-state index contributed by atoms with van der Waals surface area (Å²) in [5.74, 6) is -1.05. The van der Waals surface area contributed by atoms with Crippen LogP contribution in [0.1, 0.15) is 6.42 Å². The zero-order valence-corrected chi connectivity index (χ0v) is 14.5. The number of hydrogen-bond acceptors (Lipinski definition) is 5. The summed E-state index contributed by atoms with van der Waals surface area (Å²) in [5.41, 5.74) is 0.101. The number of halogens is 1. The monoisotopic (exact) mass is 359 g/mol. The number of likely N-dealkylation sites (tertiary alicyclic amines) is 1. The Morgan fingerprint density at radius 1 is 1.50 bits per heavy atom. The molecule has 134 valence electrons. The van der Waals surface area contributed by atoms with E-state index in [1.54, 1.807) is 0 Å². The van der Waals surface area contributed by atoms with Gasteiger partial charge in [0.25, 0.3) is 0 Å². The van der Waals surface area contributed by atoms with Gasteiger partial charge in [0.05, 0.1) is 18.6 Å². The molecule has 24 heavy (non-hydrogen) atoms. The van der Waals surface area contributed by atoms with Gasteiger partial charge in [0.15, 0.2) is 0 Å². The van der Waals surface area contributed by atoms with Crippen molar-refractivity contribution in [2.45, 2.75) is 18.5 Å². The van der Waals surface area contributed by atoms with Crippen LogP contribution in [0.5, 0.6) is 0 Å². The molecule has 1 saturated heterocycles. The lowest BCUT2D eigenvalue weighted by Gasteiger charge is -2.23. The maximum Gasteiger partial charge on any atom is 0.241 e. The van der Waals surface area contributed by atoms with Crippen LogP contribution in [-0.4, -0.2) is 69.4 Å². The van der Waals surface area contributed by atoms with Crippen molar-refractivity contribution in [3.63, 3.8) is 0 Å². The molecule has 1 fully saturated rings. The van der Waals surface area contributed by atoms with Gasteiger partial charge in [-0.1, -0.05) is 6.07 Å². The van der Waals surface area contributed by atoms with Crippen molar-refractivity contribution in [3.8, 4) is 0 Å². The topological polar surface area (TPSA) is 90.0 Å². The molecule has 0 aliphatic carbocycles. The number of amides is 1. The van der Waals surface area contributed by atoms with Crippen LogP contribution >= 0.6 is 0 Å². The zero-order valence-electron chi connectivity index (χ0n) is 13.6. The molecule has 1 heterocycles. The molecule has 0 saturated carbocycles. The number of nitrogens with one attached hydrogen (secondary N) is 1. The van der Waals surface area contributed by atoms with Crippen molar-refractivity contribution in [3.05, 3.63) is 30.1 Å². The lowest BCUT2D eigenvalue weighted by atomic mass is 10.2. The molecule has 0 bridgehead atoms. The first-order valence-electron chi connectivity index (χ1n) is 7.54. The highest BCUT2D eigenvalue weighted by atomic mass is 32.2. The van der Waals surface area contributed by atoms with E-state index in [-0.39, 0.29) is 24.4 Å². The Balaban J connectivity index is 2.06. The van der Waals surface area contributed by atoms with Gasteiger partial charge in [-0.15, -0.1) is 0 Å². The number of aliphatic hydroxyl groups excluding tert-OH is 1. The standard InChI is InChI=1S/C15H22FN3O4S/c1-18-8-12(7-14(18)10-20)17-15(21)9-19(24(2,22)23)13-5-3-4-11(16)6-13/h3-6,12,14,20H,7-10H2,1-2H3,(H,17,21)/t12-,14+/m1/s1. The molecule has 9 heteroatoms. The lowest BCUT2D eigenvalue weighted by Crippen LogP contribution is -2.44. The summed E-state index contributed by atoms with van der Waals surface area (Å²) in [6.45, 7) is 0.156. The third-order valence-electron chi connectivity index (χ3n) is 4.05. The summed E-state index contributed by atoms with van der Waals surface area (Å²) < 4.78 is 38.1. The number of aliphatic hydroxyl groups is 1. The van der Waals surface area contributed by atoms with E-state index in [2.05, 4.69) is 5.32 Å². The average molecular weight is 359 g/mol. The third-order valence-corrected chi connectivity index (χ3v) is 5.19. The first kappa shape index (κ1) is 18.6. The predicted octanol–water partition coefficient (Wildman–Crippen LogP) is -0.227. The fourth-order valence-corrected chi connectivity index (χ4v) is 3.68. The largest absolute Gasteiger partial charge is 0.395 e. The fourth-order valence-electron chi connectivity index (χ4n) is 2.83. The summed E-state index contributed by atoms with van der Waals surface area (Å²) in [4.78, 5) is 14.2. The minimum absolute atomic E-state index is 0.00161. The number of benzene rings is 1. The number of nitrogens with zero attached hydrogens (tertiary/aromatic N) is 2. The van der Waals surface area contributed by atoms with Gasteiger partial charge in [0, 0.05) is 18.6 Å². The quantitative estimate of drug-likeness (QED) is 0.733. The Morgan fingerprint density at radius 2 is 2.21 bits per heavy atom. The lowest BCUT2D eigenvalue weighted by molar-refractivity contribution is -0.120. The SMILES string of the molecule is CN1C[C@H](NC(=O)CN(c2cccc(F)c2)S(C)(=O)=O)C[C@H]1CO. The normalized spacial score (nSPS) is 21.7. The summed E-state index contributed by atoms with van der Waals surface area (Å²) in [6.07, 6.45) is 1.56. The van der Waals surface area contributed by atoms with E-state index >= 15 is 0 Å². The second-order valence-electron chi connectivity index (χ2n) is 6.03. The molecule has 2 N–H and O–H groups in total. The highest BCUT2D eigenvalue weighted by Crippen LogP contribution is 2.19. The molecule has 1 aromatic carbocycles. The van der Waals surface area contributed by atoms with Crippen LogP contribution in [0, 0.1) is 5.82 Å². The number of carbonyl (C=O) groups is 1. The predicted molar refractivity (Wildman–Crippen MR) is 88.6 cm³/mol. The van der Waals surface area contributed by atoms with Crippen molar-refractivity contribution in [2.24, 2.45) is 0 Å². The number of likely N-dealkylation sites (N-methyl/N-ethyl adjacent to an activating group) is 1. The van der Waals surface area contributed by atoms with Gasteiger partial charge in [-0.2, -0.15) is 0 Å². The van der Waals surface area contributed by atoms with E-state index in [0.29, 0.717) is 13.0 Å². The summed E-state index contributed by atoms with van der Waals surface area (Å²) in [7, 11) is -1.88. The van der Waals surface area contributed by atoms with Crippen molar-refractivity contribution < 1.29 is 22.7 Å². The Bertz CT molecular complexity index is 698. The number of anilines is 1. The molecule has 0 unspecified atom stereocenters. The number of sulfonamides is 1. The smallest absolute Gasteiger partial charge is 0.241 e. The molecular weight excluding hydrogens is 337 g/mol. The molecule has 1 aliphatic rings. The van der Waals surface area contributed by atoms with Crippen LogP contribution in [0.15, 0.2) is 24.3 Å². The van der Waals surface area contributed by atoms with Crippen LogP contribution in [0.2, 0.25) is 0 Å². The van der Waals surface area contributed by atoms with Crippen molar-refractivity contribution >= 4 is 21.6 Å². The summed E-state index contributed by atoms with van der Waals surface area (Å²) >= 11 is 0. The van der Waals surface area contributed by atoms with E-state index < -0.39 is 28.3 Å². The van der Waals surface area contributed by atoms with E-state index in [1.807, 2.05) is 11.9 Å². The van der Waals surface area contributed by atoms with E-state index in [4.69, 9.17) is 0 Å². The van der Waals surface area contributed by atoms with Gasteiger partial charge in [0.2, 0.25) is 15.9 Å². The zero-order chi connectivity index (χ0) is 17.9. The van der Waals surface area contributed by atoms with Crippen LogP contribution in [-0.2, 0) is 14.8 Å². The maximum atomic E-state index is 13.4. The Hall–Kier alpha value is -1.71. The third kappa shape index (κ3) is 4.65. The van der Waals surface area contributed by atoms with E-state index in [1.165, 1.54) is 18.2 Å². The van der Waals surface area contributed by atoms with E-state index in [0.717, 1.165) is 16.6 Å². The Morgan fingerprint density at radius 3 is 2.75 bits per heavy atom. The molecule has 1 aromatic rings. The van der Waals surface area contributed by atoms with Gasteiger partial charge >= 0.3 is 0 Å². The van der Waals surface area contributed by atoms with Crippen LogP contribution in [0.4, 0.5) is 10.1 Å². The first-order valence-corrected chi connectivity index (χ1v) is 9.39. The first-order chi connectivity index (χ1) is 11.2. The number of carbonyl (C=O) groups excluding carboxylic acids is 1. The van der Waals surface area contributed by atoms with Crippen LogP contribution in [0.3, 0.4) is 0 Å². The minimum Gasteiger partial charge on any atom is -0.395 e. The molecular formula is C15H22FN3O4S. The van der Waals surface area contributed by atoms with Crippen molar-refractivity contribution in [2.75, 3.05) is 37.3 Å². The van der Waals surface area contributed by atoms with Crippen LogP contribution < -0.4 is 9.62 Å². The van der Waals surface area contributed by atoms with Gasteiger partial charge in [-0.25, -0.2) is 12.8 Å². The highest BCUT2D eigenvalue weighted by molar-refractivity contribution is 7.92. The Labute approximate surface area is 141 Å². The minimum atomic E-state index is -3.73.